The third-order valence-electron chi connectivity index (χ3n) is 5.47. The van der Waals surface area contributed by atoms with Gasteiger partial charge in [-0.3, -0.25) is 14.6 Å². The van der Waals surface area contributed by atoms with Gasteiger partial charge in [-0.2, -0.15) is 0 Å². The molecule has 1 fully saturated rings. The van der Waals surface area contributed by atoms with Gasteiger partial charge < -0.3 is 19.5 Å². The van der Waals surface area contributed by atoms with Gasteiger partial charge in [-0.05, 0) is 31.5 Å². The lowest BCUT2D eigenvalue weighted by Crippen LogP contribution is -2.42. The number of likely N-dealkylation sites (tertiary alicyclic amines) is 1. The first-order chi connectivity index (χ1) is 13.4. The molecule has 1 aromatic rings. The molecule has 3 aliphatic rings. The molecule has 1 aromatic heterocycles. The number of hydrogen-bond donors (Lipinski definition) is 2. The zero-order valence-corrected chi connectivity index (χ0v) is 17.6. The van der Waals surface area contributed by atoms with Crippen molar-refractivity contribution in [3.63, 3.8) is 0 Å². The number of piperidine rings is 1. The average molecular weight is 405 g/mol. The SMILES string of the molecule is CC1C=C(N2CCOc3cc(C(=O)N4CCCC(P)C4)[nH]c32)CC(=O)N(C)N1. The zero-order valence-electron chi connectivity index (χ0n) is 16.4. The number of carbonyl (C=O) groups is 2. The van der Waals surface area contributed by atoms with Gasteiger partial charge in [0, 0.05) is 37.9 Å². The standard InChI is InChI=1S/C19H28N5O3P/c1-12-8-13(9-17(25)22(2)21-12)24-6-7-27-16-10-15(20-18(16)24)19(26)23-5-3-4-14(28)11-23/h8,10,12,14,20-21H,3-7,9,11,28H2,1-2H3. The van der Waals surface area contributed by atoms with Crippen LogP contribution in [0.2, 0.25) is 0 Å². The van der Waals surface area contributed by atoms with Gasteiger partial charge in [-0.25, -0.2) is 5.43 Å². The first-order valence-electron chi connectivity index (χ1n) is 9.84. The highest BCUT2D eigenvalue weighted by molar-refractivity contribution is 7.17. The summed E-state index contributed by atoms with van der Waals surface area (Å²) in [4.78, 5) is 32.6. The Kier molecular flexibility index (Phi) is 5.34. The van der Waals surface area contributed by atoms with Crippen molar-refractivity contribution in [1.29, 1.82) is 0 Å². The van der Waals surface area contributed by atoms with E-state index in [1.54, 1.807) is 13.1 Å². The van der Waals surface area contributed by atoms with E-state index < -0.39 is 0 Å². The molecular formula is C19H28N5O3P. The number of fused-ring (bicyclic) bond motifs is 1. The first kappa shape index (κ1) is 19.3. The smallest absolute Gasteiger partial charge is 0.270 e. The van der Waals surface area contributed by atoms with Crippen LogP contribution in [0.5, 0.6) is 5.75 Å². The Morgan fingerprint density at radius 2 is 2.18 bits per heavy atom. The van der Waals surface area contributed by atoms with Crippen LogP contribution in [0.15, 0.2) is 17.8 Å². The molecule has 1 saturated heterocycles. The number of amides is 2. The third kappa shape index (κ3) is 3.76. The quantitative estimate of drug-likeness (QED) is 0.726. The predicted molar refractivity (Wildman–Crippen MR) is 110 cm³/mol. The van der Waals surface area contributed by atoms with Crippen molar-refractivity contribution >= 4 is 26.9 Å². The van der Waals surface area contributed by atoms with Crippen molar-refractivity contribution in [2.75, 3.05) is 38.2 Å². The number of ether oxygens (including phenoxy) is 1. The molecule has 3 unspecified atom stereocenters. The lowest BCUT2D eigenvalue weighted by molar-refractivity contribution is -0.132. The molecule has 2 amide bonds. The van der Waals surface area contributed by atoms with E-state index in [9.17, 15) is 9.59 Å². The van der Waals surface area contributed by atoms with Gasteiger partial charge in [-0.15, -0.1) is 9.24 Å². The highest BCUT2D eigenvalue weighted by atomic mass is 31.0. The molecule has 9 heteroatoms. The van der Waals surface area contributed by atoms with Gasteiger partial charge in [0.05, 0.1) is 13.0 Å². The number of nitrogens with one attached hydrogen (secondary N) is 2. The van der Waals surface area contributed by atoms with E-state index in [1.807, 2.05) is 11.8 Å². The summed E-state index contributed by atoms with van der Waals surface area (Å²) >= 11 is 0. The Labute approximate surface area is 167 Å². The molecule has 0 radical (unpaired) electrons. The number of carbonyl (C=O) groups excluding carboxylic acids is 2. The molecule has 4 heterocycles. The number of nitrogens with zero attached hydrogens (tertiary/aromatic N) is 3. The maximum absolute atomic E-state index is 13.0. The van der Waals surface area contributed by atoms with E-state index in [0.29, 0.717) is 36.7 Å². The van der Waals surface area contributed by atoms with Gasteiger partial charge in [0.15, 0.2) is 11.6 Å². The van der Waals surface area contributed by atoms with Crippen molar-refractivity contribution in [2.45, 2.75) is 37.9 Å². The zero-order chi connectivity index (χ0) is 19.8. The van der Waals surface area contributed by atoms with Gasteiger partial charge >= 0.3 is 0 Å². The molecule has 4 rings (SSSR count). The predicted octanol–water partition coefficient (Wildman–Crippen LogP) is 1.33. The number of anilines is 1. The van der Waals surface area contributed by atoms with Crippen molar-refractivity contribution in [1.82, 2.24) is 20.3 Å². The number of aromatic nitrogens is 1. The molecule has 152 valence electrons. The Bertz CT molecular complexity index is 807. The monoisotopic (exact) mass is 405 g/mol. The summed E-state index contributed by atoms with van der Waals surface area (Å²) < 4.78 is 5.80. The summed E-state index contributed by atoms with van der Waals surface area (Å²) in [6.45, 7) is 4.70. The van der Waals surface area contributed by atoms with Crippen LogP contribution in [0.25, 0.3) is 0 Å². The van der Waals surface area contributed by atoms with Crippen molar-refractivity contribution < 1.29 is 14.3 Å². The van der Waals surface area contributed by atoms with Crippen LogP contribution >= 0.6 is 9.24 Å². The summed E-state index contributed by atoms with van der Waals surface area (Å²) in [5.41, 5.74) is 5.04. The normalized spacial score (nSPS) is 25.8. The molecule has 2 N–H and O–H groups in total. The lowest BCUT2D eigenvalue weighted by atomic mass is 10.1. The van der Waals surface area contributed by atoms with Crippen LogP contribution < -0.4 is 15.1 Å². The molecular weight excluding hydrogens is 377 g/mol. The number of aromatic amines is 1. The van der Waals surface area contributed by atoms with Gasteiger partial charge in [0.2, 0.25) is 5.91 Å². The second-order valence-electron chi connectivity index (χ2n) is 7.75. The molecule has 3 aliphatic heterocycles. The van der Waals surface area contributed by atoms with E-state index in [1.165, 1.54) is 5.01 Å². The highest BCUT2D eigenvalue weighted by Gasteiger charge is 2.31. The van der Waals surface area contributed by atoms with Crippen LogP contribution in [0.3, 0.4) is 0 Å². The molecule has 8 nitrogen and oxygen atoms in total. The molecule has 28 heavy (non-hydrogen) atoms. The molecule has 0 aromatic carbocycles. The van der Waals surface area contributed by atoms with Gasteiger partial charge in [0.25, 0.3) is 5.91 Å². The molecule has 0 saturated carbocycles. The molecule has 3 atom stereocenters. The van der Waals surface area contributed by atoms with E-state index in [-0.39, 0.29) is 17.9 Å². The second kappa shape index (κ2) is 7.76. The molecule has 0 spiro atoms. The number of hydrogen-bond acceptors (Lipinski definition) is 5. The Balaban J connectivity index is 1.60. The fraction of sp³-hybridized carbons (Fsp3) is 0.579. The Hall–Kier alpha value is -2.05. The van der Waals surface area contributed by atoms with E-state index in [2.05, 4.69) is 30.6 Å². The maximum Gasteiger partial charge on any atom is 0.270 e. The Morgan fingerprint density at radius 3 is 2.96 bits per heavy atom. The summed E-state index contributed by atoms with van der Waals surface area (Å²) in [5, 5.41) is 1.54. The van der Waals surface area contributed by atoms with Crippen LogP contribution in [0, 0.1) is 0 Å². The minimum absolute atomic E-state index is 0.00536. The molecule has 0 bridgehead atoms. The van der Waals surface area contributed by atoms with Gasteiger partial charge in [0.1, 0.15) is 12.3 Å². The van der Waals surface area contributed by atoms with Crippen LogP contribution in [0.4, 0.5) is 5.82 Å². The van der Waals surface area contributed by atoms with Crippen LogP contribution in [0.1, 0.15) is 36.7 Å². The van der Waals surface area contributed by atoms with Crippen molar-refractivity contribution in [3.05, 3.63) is 23.5 Å². The van der Waals surface area contributed by atoms with E-state index in [0.717, 1.165) is 37.4 Å². The minimum atomic E-state index is 0.00536. The number of rotatable bonds is 2. The van der Waals surface area contributed by atoms with Gasteiger partial charge in [-0.1, -0.05) is 0 Å². The maximum atomic E-state index is 13.0. The average Bonchev–Trinajstić information content (AvgIpc) is 3.05. The van der Waals surface area contributed by atoms with E-state index in [4.69, 9.17) is 4.74 Å². The highest BCUT2D eigenvalue weighted by Crippen LogP contribution is 2.36. The summed E-state index contributed by atoms with van der Waals surface area (Å²) in [6, 6.07) is 1.82. The number of hydrazine groups is 1. The van der Waals surface area contributed by atoms with E-state index >= 15 is 0 Å². The fourth-order valence-electron chi connectivity index (χ4n) is 4.08. The fourth-order valence-corrected chi connectivity index (χ4v) is 4.57. The summed E-state index contributed by atoms with van der Waals surface area (Å²) in [7, 11) is 4.57. The minimum Gasteiger partial charge on any atom is -0.488 e. The number of H-pyrrole nitrogens is 1. The largest absolute Gasteiger partial charge is 0.488 e. The summed E-state index contributed by atoms with van der Waals surface area (Å²) in [6.07, 6.45) is 4.52. The van der Waals surface area contributed by atoms with Crippen LogP contribution in [-0.4, -0.2) is 71.7 Å². The van der Waals surface area contributed by atoms with Crippen molar-refractivity contribution in [3.8, 4) is 5.75 Å². The summed E-state index contributed by atoms with van der Waals surface area (Å²) in [5.74, 6) is 1.43. The first-order valence-corrected chi connectivity index (χ1v) is 10.5. The lowest BCUT2D eigenvalue weighted by Gasteiger charge is -2.31. The van der Waals surface area contributed by atoms with Crippen LogP contribution in [-0.2, 0) is 4.79 Å². The second-order valence-corrected chi connectivity index (χ2v) is 8.70. The Morgan fingerprint density at radius 1 is 1.36 bits per heavy atom. The van der Waals surface area contributed by atoms with Crippen molar-refractivity contribution in [2.24, 2.45) is 0 Å². The topological polar surface area (TPSA) is 80.9 Å². The third-order valence-corrected chi connectivity index (χ3v) is 6.02. The molecule has 0 aliphatic carbocycles.